The van der Waals surface area contributed by atoms with E-state index in [9.17, 15) is 17.6 Å². The molecule has 8 heteroatoms. The lowest BCUT2D eigenvalue weighted by Crippen LogP contribution is -2.30. The number of hydrogen-bond acceptors (Lipinski definition) is 4. The Morgan fingerprint density at radius 2 is 1.95 bits per heavy atom. The maximum absolute atomic E-state index is 12.9. The van der Waals surface area contributed by atoms with Crippen LogP contribution in [0, 0.1) is 5.82 Å². The van der Waals surface area contributed by atoms with Gasteiger partial charge in [0.25, 0.3) is 10.0 Å². The number of benzene rings is 1. The number of nitrogens with zero attached hydrogens (tertiary/aromatic N) is 1. The van der Waals surface area contributed by atoms with E-state index in [0.717, 1.165) is 21.7 Å². The first-order valence-corrected chi connectivity index (χ1v) is 8.28. The third kappa shape index (κ3) is 3.06. The van der Waals surface area contributed by atoms with Crippen LogP contribution < -0.4 is 4.31 Å². The lowest BCUT2D eigenvalue weighted by atomic mass is 10.3. The topological polar surface area (TPSA) is 74.7 Å². The van der Waals surface area contributed by atoms with E-state index in [1.54, 1.807) is 6.92 Å². The molecule has 1 aromatic heterocycles. The van der Waals surface area contributed by atoms with E-state index in [4.69, 9.17) is 5.11 Å². The average molecular weight is 329 g/mol. The van der Waals surface area contributed by atoms with Crippen molar-refractivity contribution in [3.8, 4) is 0 Å². The zero-order valence-electron chi connectivity index (χ0n) is 11.0. The van der Waals surface area contributed by atoms with Gasteiger partial charge in [0.1, 0.15) is 10.7 Å². The molecule has 1 heterocycles. The summed E-state index contributed by atoms with van der Waals surface area (Å²) in [7, 11) is -3.87. The van der Waals surface area contributed by atoms with Crippen LogP contribution >= 0.6 is 11.3 Å². The highest BCUT2D eigenvalue weighted by Crippen LogP contribution is 2.27. The summed E-state index contributed by atoms with van der Waals surface area (Å²) in [6.45, 7) is 1.79. The number of rotatable bonds is 5. The zero-order chi connectivity index (χ0) is 15.6. The summed E-state index contributed by atoms with van der Waals surface area (Å²) in [5, 5.41) is 10.2. The van der Waals surface area contributed by atoms with Crippen molar-refractivity contribution in [3.05, 3.63) is 46.4 Å². The first kappa shape index (κ1) is 15.5. The number of carbonyl (C=O) groups is 1. The van der Waals surface area contributed by atoms with Crippen LogP contribution in [0.2, 0.25) is 0 Å². The van der Waals surface area contributed by atoms with E-state index in [0.29, 0.717) is 5.69 Å². The Morgan fingerprint density at radius 1 is 1.33 bits per heavy atom. The summed E-state index contributed by atoms with van der Waals surface area (Å²) < 4.78 is 39.1. The highest BCUT2D eigenvalue weighted by molar-refractivity contribution is 7.93. The molecule has 0 saturated carbocycles. The van der Waals surface area contributed by atoms with E-state index < -0.39 is 21.8 Å². The van der Waals surface area contributed by atoms with Crippen molar-refractivity contribution < 1.29 is 22.7 Å². The maximum Gasteiger partial charge on any atom is 0.345 e. The van der Waals surface area contributed by atoms with Gasteiger partial charge in [-0.15, -0.1) is 11.3 Å². The van der Waals surface area contributed by atoms with E-state index in [1.807, 2.05) is 0 Å². The Morgan fingerprint density at radius 3 is 2.43 bits per heavy atom. The summed E-state index contributed by atoms with van der Waals surface area (Å²) in [5.74, 6) is -1.64. The average Bonchev–Trinajstić information content (AvgIpc) is 2.92. The first-order valence-electron chi connectivity index (χ1n) is 5.96. The maximum atomic E-state index is 12.9. The van der Waals surface area contributed by atoms with Crippen molar-refractivity contribution in [2.45, 2.75) is 11.8 Å². The van der Waals surface area contributed by atoms with E-state index >= 15 is 0 Å². The zero-order valence-corrected chi connectivity index (χ0v) is 12.6. The molecule has 112 valence electrons. The van der Waals surface area contributed by atoms with Crippen molar-refractivity contribution in [2.75, 3.05) is 10.8 Å². The standard InChI is InChI=1S/C13H12FNO4S2/c1-2-15(10-5-3-9(14)4-6-10)21(18,19)11-7-12(13(16)17)20-8-11/h3-8H,2H2,1H3,(H,16,17). The fourth-order valence-corrected chi connectivity index (χ4v) is 4.36. The molecule has 0 bridgehead atoms. The lowest BCUT2D eigenvalue weighted by Gasteiger charge is -2.22. The second kappa shape index (κ2) is 5.82. The smallest absolute Gasteiger partial charge is 0.345 e. The van der Waals surface area contributed by atoms with Gasteiger partial charge in [-0.3, -0.25) is 4.31 Å². The van der Waals surface area contributed by atoms with E-state index in [-0.39, 0.29) is 16.3 Å². The van der Waals surface area contributed by atoms with Crippen LogP contribution in [0.15, 0.2) is 40.6 Å². The van der Waals surface area contributed by atoms with Gasteiger partial charge in [-0.2, -0.15) is 0 Å². The SMILES string of the molecule is CCN(c1ccc(F)cc1)S(=O)(=O)c1csc(C(=O)O)c1. The summed E-state index contributed by atoms with van der Waals surface area (Å²) in [6, 6.07) is 6.18. The number of hydrogen-bond donors (Lipinski definition) is 1. The van der Waals surface area contributed by atoms with Crippen LogP contribution in [0.5, 0.6) is 0 Å². The molecule has 0 aliphatic rings. The number of carboxylic acid groups (broad SMARTS) is 1. The second-order valence-corrected chi connectivity index (χ2v) is 6.87. The molecule has 1 N–H and O–H groups in total. The summed E-state index contributed by atoms with van der Waals surface area (Å²) >= 11 is 0.845. The molecule has 2 rings (SSSR count). The van der Waals surface area contributed by atoms with Gasteiger partial charge in [0, 0.05) is 11.9 Å². The molecule has 5 nitrogen and oxygen atoms in total. The summed E-state index contributed by atoms with van der Waals surface area (Å²) in [5.41, 5.74) is 0.321. The Bertz CT molecular complexity index is 753. The number of thiophene rings is 1. The van der Waals surface area contributed by atoms with Crippen LogP contribution in [0.3, 0.4) is 0 Å². The van der Waals surface area contributed by atoms with Crippen molar-refractivity contribution >= 4 is 33.0 Å². The minimum atomic E-state index is -3.87. The Balaban J connectivity index is 2.43. The Hall–Kier alpha value is -1.93. The van der Waals surface area contributed by atoms with Gasteiger partial charge in [-0.1, -0.05) is 0 Å². The molecule has 0 atom stereocenters. The van der Waals surface area contributed by atoms with Crippen LogP contribution in [0.4, 0.5) is 10.1 Å². The molecule has 0 saturated heterocycles. The Labute approximate surface area is 125 Å². The van der Waals surface area contributed by atoms with Gasteiger partial charge in [-0.25, -0.2) is 17.6 Å². The number of halogens is 1. The van der Waals surface area contributed by atoms with E-state index in [2.05, 4.69) is 0 Å². The molecule has 0 fully saturated rings. The van der Waals surface area contributed by atoms with Gasteiger partial charge >= 0.3 is 5.97 Å². The van der Waals surface area contributed by atoms with Crippen molar-refractivity contribution in [2.24, 2.45) is 0 Å². The molecule has 2 aromatic rings. The molecule has 0 amide bonds. The molecule has 0 unspecified atom stereocenters. The lowest BCUT2D eigenvalue weighted by molar-refractivity contribution is 0.0702. The quantitative estimate of drug-likeness (QED) is 0.915. The molecule has 21 heavy (non-hydrogen) atoms. The normalized spacial score (nSPS) is 11.3. The minimum absolute atomic E-state index is 0.0521. The Kier molecular flexibility index (Phi) is 4.29. The highest BCUT2D eigenvalue weighted by atomic mass is 32.2. The van der Waals surface area contributed by atoms with Crippen molar-refractivity contribution in [3.63, 3.8) is 0 Å². The predicted molar refractivity (Wildman–Crippen MR) is 77.9 cm³/mol. The summed E-state index contributed by atoms with van der Waals surface area (Å²) in [4.78, 5) is 10.7. The van der Waals surface area contributed by atoms with Crippen molar-refractivity contribution in [1.29, 1.82) is 0 Å². The fourth-order valence-electron chi connectivity index (χ4n) is 1.79. The third-order valence-electron chi connectivity index (χ3n) is 2.78. The van der Waals surface area contributed by atoms with Crippen molar-refractivity contribution in [1.82, 2.24) is 0 Å². The molecule has 0 radical (unpaired) electrons. The number of anilines is 1. The number of sulfonamides is 1. The van der Waals surface area contributed by atoms with Gasteiger partial charge in [0.15, 0.2) is 0 Å². The number of carboxylic acids is 1. The molecule has 0 aliphatic heterocycles. The van der Waals surface area contributed by atoms with Gasteiger partial charge < -0.3 is 5.11 Å². The third-order valence-corrected chi connectivity index (χ3v) is 5.72. The monoisotopic (exact) mass is 329 g/mol. The second-order valence-electron chi connectivity index (χ2n) is 4.10. The van der Waals surface area contributed by atoms with Gasteiger partial charge in [0.2, 0.25) is 0 Å². The molecule has 1 aromatic carbocycles. The van der Waals surface area contributed by atoms with Crippen LogP contribution in [-0.4, -0.2) is 26.0 Å². The highest BCUT2D eigenvalue weighted by Gasteiger charge is 2.25. The first-order chi connectivity index (χ1) is 9.86. The van der Waals surface area contributed by atoms with Crippen LogP contribution in [0.25, 0.3) is 0 Å². The predicted octanol–water partition coefficient (Wildman–Crippen LogP) is 2.80. The largest absolute Gasteiger partial charge is 0.477 e. The van der Waals surface area contributed by atoms with Gasteiger partial charge in [-0.05, 0) is 37.3 Å². The van der Waals surface area contributed by atoms with E-state index in [1.165, 1.54) is 29.6 Å². The van der Waals surface area contributed by atoms with Gasteiger partial charge in [0.05, 0.1) is 10.6 Å². The minimum Gasteiger partial charge on any atom is -0.477 e. The molecule has 0 spiro atoms. The number of aromatic carboxylic acids is 1. The molecular weight excluding hydrogens is 317 g/mol. The fraction of sp³-hybridized carbons (Fsp3) is 0.154. The van der Waals surface area contributed by atoms with Crippen LogP contribution in [-0.2, 0) is 10.0 Å². The molecule has 0 aliphatic carbocycles. The molecular formula is C13H12FNO4S2. The summed E-state index contributed by atoms with van der Waals surface area (Å²) in [6.07, 6.45) is 0. The van der Waals surface area contributed by atoms with Crippen LogP contribution in [0.1, 0.15) is 16.6 Å².